The van der Waals surface area contributed by atoms with Crippen LogP contribution in [0.4, 0.5) is 30.8 Å². The van der Waals surface area contributed by atoms with Crippen molar-refractivity contribution in [2.45, 2.75) is 16.1 Å². The van der Waals surface area contributed by atoms with Crippen LogP contribution in [-0.4, -0.2) is 40.6 Å². The first-order chi connectivity index (χ1) is 14.1. The van der Waals surface area contributed by atoms with Crippen molar-refractivity contribution >= 4 is 58.7 Å². The Labute approximate surface area is 182 Å². The monoisotopic (exact) mass is 543 g/mol. The predicted octanol–water partition coefficient (Wildman–Crippen LogP) is 4.23. The van der Waals surface area contributed by atoms with E-state index >= 15 is 0 Å². The van der Waals surface area contributed by atoms with E-state index in [-0.39, 0.29) is 17.5 Å². The van der Waals surface area contributed by atoms with Gasteiger partial charge in [-0.25, -0.2) is 0 Å². The Hall–Kier alpha value is -2.40. The minimum absolute atomic E-state index is 0.0276. The van der Waals surface area contributed by atoms with Gasteiger partial charge in [0.25, 0.3) is 0 Å². The normalized spacial score (nSPS) is 11.4. The zero-order valence-electron chi connectivity index (χ0n) is 16.0. The number of hydrogen-bond acceptors (Lipinski definition) is 5. The van der Waals surface area contributed by atoms with Gasteiger partial charge in [-0.3, -0.25) is 0 Å². The first kappa shape index (κ1) is 22.3. The number of carbonyl (C=O) groups excluding carboxylic acids is 1. The zero-order chi connectivity index (χ0) is 21.9. The summed E-state index contributed by atoms with van der Waals surface area (Å²) in [5.41, 5.74) is -0.107. The molecular formula is C19H17ClF3N5OSn. The molecular weight excluding hydrogens is 525 g/mol. The third-order valence-corrected chi connectivity index (χ3v) is 7.87. The van der Waals surface area contributed by atoms with Crippen LogP contribution in [0.3, 0.4) is 0 Å². The van der Waals surface area contributed by atoms with Crippen LogP contribution in [0, 0.1) is 0 Å². The molecule has 0 atom stereocenters. The number of anilines is 3. The molecule has 11 heteroatoms. The van der Waals surface area contributed by atoms with Crippen molar-refractivity contribution in [2.75, 3.05) is 10.6 Å². The standard InChI is InChI=1S/C17H10ClF3N5O.2CH3.Sn.H/c18-12-2-1-3-13(8-12)24-15-22-9-23-16(26-15)25-14(27)10-4-6-11(7-5-10)17(19,20)21;;;;/h1-8H,(H2,22,23,24,25,26,27);2*1H3;;. The number of halogens is 4. The third kappa shape index (κ3) is 5.82. The Morgan fingerprint density at radius 3 is 2.27 bits per heavy atom. The summed E-state index contributed by atoms with van der Waals surface area (Å²) in [7, 11) is 0. The fourth-order valence-corrected chi connectivity index (χ4v) is 4.80. The van der Waals surface area contributed by atoms with E-state index < -0.39 is 37.4 Å². The zero-order valence-corrected chi connectivity index (χ0v) is 20.0. The van der Waals surface area contributed by atoms with Gasteiger partial charge in [0.05, 0.1) is 0 Å². The van der Waals surface area contributed by atoms with Gasteiger partial charge in [-0.05, 0) is 0 Å². The van der Waals surface area contributed by atoms with E-state index in [2.05, 4.69) is 35.5 Å². The fraction of sp³-hybridized carbons (Fsp3) is 0.158. The Morgan fingerprint density at radius 2 is 1.67 bits per heavy atom. The molecule has 3 aromatic rings. The van der Waals surface area contributed by atoms with Gasteiger partial charge in [-0.2, -0.15) is 0 Å². The van der Waals surface area contributed by atoms with E-state index in [0.717, 1.165) is 24.3 Å². The van der Waals surface area contributed by atoms with Crippen LogP contribution in [0.5, 0.6) is 0 Å². The average Bonchev–Trinajstić information content (AvgIpc) is 2.67. The van der Waals surface area contributed by atoms with Crippen molar-refractivity contribution in [3.05, 3.63) is 64.7 Å². The number of amides is 1. The summed E-state index contributed by atoms with van der Waals surface area (Å²) in [6.07, 6.45) is -4.47. The average molecular weight is 543 g/mol. The molecule has 156 valence electrons. The summed E-state index contributed by atoms with van der Waals surface area (Å²) >= 11 is 3.82. The van der Waals surface area contributed by atoms with E-state index in [4.69, 9.17) is 11.6 Å². The molecule has 0 fully saturated rings. The second-order valence-corrected chi connectivity index (χ2v) is 15.2. The van der Waals surface area contributed by atoms with E-state index in [1.54, 1.807) is 24.3 Å². The number of nitrogens with one attached hydrogen (secondary N) is 2. The first-order valence-electron chi connectivity index (χ1n) is 8.89. The SMILES string of the molecule is [CH3][SnH]([CH3])[c]1nc(NC(=O)c2ccc(C(F)(F)F)cc2)nc(Nc2cccc(Cl)c2)n1. The van der Waals surface area contributed by atoms with Gasteiger partial charge in [-0.1, -0.05) is 0 Å². The van der Waals surface area contributed by atoms with Gasteiger partial charge in [0.15, 0.2) is 0 Å². The molecule has 0 saturated heterocycles. The topological polar surface area (TPSA) is 79.8 Å². The van der Waals surface area contributed by atoms with Gasteiger partial charge in [0, 0.05) is 0 Å². The summed E-state index contributed by atoms with van der Waals surface area (Å²) in [5, 5.41) is 6.10. The van der Waals surface area contributed by atoms with Crippen LogP contribution in [0.1, 0.15) is 15.9 Å². The molecule has 0 aliphatic carbocycles. The second kappa shape index (κ2) is 9.17. The molecule has 0 aliphatic heterocycles. The number of rotatable bonds is 5. The van der Waals surface area contributed by atoms with Crippen LogP contribution in [0.15, 0.2) is 48.5 Å². The number of aromatic nitrogens is 3. The summed E-state index contributed by atoms with van der Waals surface area (Å²) in [5.74, 6) is -0.344. The van der Waals surface area contributed by atoms with Crippen molar-refractivity contribution in [3.63, 3.8) is 0 Å². The first-order valence-corrected chi connectivity index (χ1v) is 17.5. The van der Waals surface area contributed by atoms with Crippen molar-refractivity contribution in [3.8, 4) is 0 Å². The number of carbonyl (C=O) groups is 1. The Bertz CT molecular complexity index is 1060. The molecule has 30 heavy (non-hydrogen) atoms. The van der Waals surface area contributed by atoms with Crippen LogP contribution < -0.4 is 14.5 Å². The molecule has 1 amide bonds. The quantitative estimate of drug-likeness (QED) is 0.472. The van der Waals surface area contributed by atoms with E-state index in [9.17, 15) is 18.0 Å². The van der Waals surface area contributed by atoms with Crippen LogP contribution in [0.25, 0.3) is 0 Å². The Balaban J connectivity index is 1.84. The molecule has 3 rings (SSSR count). The summed E-state index contributed by atoms with van der Waals surface area (Å²) < 4.78 is 38.7. The molecule has 1 aromatic heterocycles. The molecule has 0 radical (unpaired) electrons. The maximum atomic E-state index is 12.7. The number of benzene rings is 2. The molecule has 2 aromatic carbocycles. The van der Waals surface area contributed by atoms with Crippen molar-refractivity contribution in [1.29, 1.82) is 0 Å². The van der Waals surface area contributed by atoms with E-state index in [1.165, 1.54) is 0 Å². The van der Waals surface area contributed by atoms with Crippen molar-refractivity contribution in [1.82, 2.24) is 15.0 Å². The van der Waals surface area contributed by atoms with E-state index in [0.29, 0.717) is 14.6 Å². The van der Waals surface area contributed by atoms with Crippen LogP contribution >= 0.6 is 11.6 Å². The summed E-state index contributed by atoms with van der Waals surface area (Å²) in [4.78, 5) is 29.6. The summed E-state index contributed by atoms with van der Waals surface area (Å²) in [6, 6.07) is 10.9. The van der Waals surface area contributed by atoms with Gasteiger partial charge in [0.1, 0.15) is 0 Å². The molecule has 0 spiro atoms. The summed E-state index contributed by atoms with van der Waals surface area (Å²) in [6.45, 7) is 0. The molecule has 1 heterocycles. The third-order valence-electron chi connectivity index (χ3n) is 3.95. The van der Waals surface area contributed by atoms with Gasteiger partial charge < -0.3 is 0 Å². The van der Waals surface area contributed by atoms with Crippen molar-refractivity contribution < 1.29 is 18.0 Å². The number of alkyl halides is 3. The molecule has 6 nitrogen and oxygen atoms in total. The van der Waals surface area contributed by atoms with Gasteiger partial charge in [-0.15, -0.1) is 0 Å². The number of hydrogen-bond donors (Lipinski definition) is 2. The van der Waals surface area contributed by atoms with Gasteiger partial charge in [0.2, 0.25) is 0 Å². The second-order valence-electron chi connectivity index (χ2n) is 6.66. The fourth-order valence-electron chi connectivity index (χ4n) is 2.44. The molecule has 0 bridgehead atoms. The number of nitrogens with zero attached hydrogens (tertiary/aromatic N) is 3. The molecule has 0 aliphatic rings. The van der Waals surface area contributed by atoms with Gasteiger partial charge >= 0.3 is 183 Å². The van der Waals surface area contributed by atoms with Crippen LogP contribution in [-0.2, 0) is 6.18 Å². The van der Waals surface area contributed by atoms with E-state index in [1.807, 2.05) is 0 Å². The molecule has 0 unspecified atom stereocenters. The molecule has 0 saturated carbocycles. The maximum absolute atomic E-state index is 12.7. The molecule has 2 N–H and O–H groups in total. The Morgan fingerprint density at radius 1 is 1.00 bits per heavy atom. The van der Waals surface area contributed by atoms with Crippen LogP contribution in [0.2, 0.25) is 14.9 Å². The predicted molar refractivity (Wildman–Crippen MR) is 112 cm³/mol. The minimum atomic E-state index is -4.47. The van der Waals surface area contributed by atoms with Crippen molar-refractivity contribution in [2.24, 2.45) is 0 Å². The Kier molecular flexibility index (Phi) is 6.81.